The number of benzene rings is 2. The molecule has 9 nitrogen and oxygen atoms in total. The maximum atomic E-state index is 13.6. The zero-order valence-electron chi connectivity index (χ0n) is 18.0. The summed E-state index contributed by atoms with van der Waals surface area (Å²) in [6, 6.07) is 12.0. The van der Waals surface area contributed by atoms with Crippen LogP contribution in [0.25, 0.3) is 0 Å². The average Bonchev–Trinajstić information content (AvgIpc) is 3.40. The van der Waals surface area contributed by atoms with E-state index in [9.17, 15) is 27.2 Å². The third-order valence-corrected chi connectivity index (χ3v) is 7.10. The highest BCUT2D eigenvalue weighted by atomic mass is 32.2. The fraction of sp³-hybridized carbons (Fsp3) is 0.174. The molecule has 1 aromatic heterocycles. The zero-order chi connectivity index (χ0) is 24.5. The van der Waals surface area contributed by atoms with Crippen LogP contribution in [-0.2, 0) is 31.0 Å². The minimum Gasteiger partial charge on any atom is -0.468 e. The molecule has 0 aliphatic carbocycles. The van der Waals surface area contributed by atoms with E-state index in [2.05, 4.69) is 5.32 Å². The van der Waals surface area contributed by atoms with E-state index < -0.39 is 33.7 Å². The summed E-state index contributed by atoms with van der Waals surface area (Å²) >= 11 is 0. The number of sulfonamides is 1. The molecule has 2 heterocycles. The first-order valence-corrected chi connectivity index (χ1v) is 11.6. The van der Waals surface area contributed by atoms with Gasteiger partial charge in [0.15, 0.2) is 0 Å². The number of nitrogens with one attached hydrogen (secondary N) is 1. The molecule has 1 unspecified atom stereocenters. The van der Waals surface area contributed by atoms with Crippen molar-refractivity contribution in [1.82, 2.24) is 4.31 Å². The van der Waals surface area contributed by atoms with Gasteiger partial charge >= 0.3 is 0 Å². The van der Waals surface area contributed by atoms with Gasteiger partial charge < -0.3 is 9.73 Å². The summed E-state index contributed by atoms with van der Waals surface area (Å²) in [5.74, 6) is -1.93. The van der Waals surface area contributed by atoms with Gasteiger partial charge in [0, 0.05) is 12.6 Å². The number of rotatable bonds is 7. The van der Waals surface area contributed by atoms with E-state index in [1.807, 2.05) is 0 Å². The van der Waals surface area contributed by atoms with Gasteiger partial charge in [0.05, 0.1) is 29.8 Å². The van der Waals surface area contributed by atoms with Crippen molar-refractivity contribution in [3.63, 3.8) is 0 Å². The topological polar surface area (TPSA) is 117 Å². The summed E-state index contributed by atoms with van der Waals surface area (Å²) in [7, 11) is -4.27. The van der Waals surface area contributed by atoms with Crippen LogP contribution in [0.15, 0.2) is 76.2 Å². The standard InChI is InChI=1S/C23H20FN3O6S/c1-15(28)25-17-6-10-20(11-7-17)34(31,32)26(14-19-3-2-12-33-19)21-13-22(29)27(23(21)30)18-8-4-16(24)5-9-18/h2-12,21H,13-14H2,1H3,(H,25,28). The molecule has 34 heavy (non-hydrogen) atoms. The Balaban J connectivity index is 1.70. The zero-order valence-corrected chi connectivity index (χ0v) is 18.8. The van der Waals surface area contributed by atoms with E-state index in [4.69, 9.17) is 4.42 Å². The smallest absolute Gasteiger partial charge is 0.252 e. The molecule has 0 radical (unpaired) electrons. The van der Waals surface area contributed by atoms with Gasteiger partial charge in [0.2, 0.25) is 21.8 Å². The number of hydrogen-bond donors (Lipinski definition) is 1. The number of halogens is 1. The van der Waals surface area contributed by atoms with Gasteiger partial charge in [-0.25, -0.2) is 17.7 Å². The van der Waals surface area contributed by atoms with Crippen molar-refractivity contribution >= 4 is 39.1 Å². The third kappa shape index (κ3) is 4.61. The molecule has 1 fully saturated rings. The molecular weight excluding hydrogens is 465 g/mol. The maximum absolute atomic E-state index is 13.6. The molecule has 0 saturated carbocycles. The lowest BCUT2D eigenvalue weighted by Gasteiger charge is -2.26. The average molecular weight is 485 g/mol. The van der Waals surface area contributed by atoms with Crippen molar-refractivity contribution in [2.75, 3.05) is 10.2 Å². The molecule has 1 N–H and O–H groups in total. The Morgan fingerprint density at radius 2 is 1.79 bits per heavy atom. The van der Waals surface area contributed by atoms with E-state index in [-0.39, 0.29) is 35.2 Å². The lowest BCUT2D eigenvalue weighted by atomic mass is 10.2. The van der Waals surface area contributed by atoms with Gasteiger partial charge in [-0.2, -0.15) is 4.31 Å². The van der Waals surface area contributed by atoms with Crippen molar-refractivity contribution in [2.24, 2.45) is 0 Å². The first-order chi connectivity index (χ1) is 16.2. The highest BCUT2D eigenvalue weighted by Gasteiger charge is 2.47. The Bertz CT molecular complexity index is 1320. The Morgan fingerprint density at radius 3 is 2.38 bits per heavy atom. The monoisotopic (exact) mass is 485 g/mol. The van der Waals surface area contributed by atoms with Crippen LogP contribution in [0, 0.1) is 5.82 Å². The predicted octanol–water partition coefficient (Wildman–Crippen LogP) is 2.90. The number of nitrogens with zero attached hydrogens (tertiary/aromatic N) is 2. The molecule has 176 valence electrons. The van der Waals surface area contributed by atoms with Crippen LogP contribution in [0.5, 0.6) is 0 Å². The van der Waals surface area contributed by atoms with Crippen molar-refractivity contribution in [3.8, 4) is 0 Å². The number of furan rings is 1. The largest absolute Gasteiger partial charge is 0.468 e. The van der Waals surface area contributed by atoms with E-state index in [0.29, 0.717) is 5.69 Å². The Hall–Kier alpha value is -3.83. The van der Waals surface area contributed by atoms with Crippen LogP contribution in [0.4, 0.5) is 15.8 Å². The van der Waals surface area contributed by atoms with Gasteiger partial charge in [0.25, 0.3) is 5.91 Å². The molecule has 1 aliphatic heterocycles. The number of carbonyl (C=O) groups excluding carboxylic acids is 3. The molecule has 3 amide bonds. The second kappa shape index (κ2) is 9.20. The quantitative estimate of drug-likeness (QED) is 0.515. The van der Waals surface area contributed by atoms with Crippen molar-refractivity contribution in [2.45, 2.75) is 30.8 Å². The molecule has 11 heteroatoms. The van der Waals surface area contributed by atoms with Crippen molar-refractivity contribution in [3.05, 3.63) is 78.5 Å². The first-order valence-electron chi connectivity index (χ1n) is 10.2. The Kier molecular flexibility index (Phi) is 6.31. The lowest BCUT2D eigenvalue weighted by molar-refractivity contribution is -0.122. The molecule has 3 aromatic rings. The van der Waals surface area contributed by atoms with Crippen molar-refractivity contribution < 1.29 is 31.6 Å². The normalized spacial score (nSPS) is 16.3. The number of amides is 3. The van der Waals surface area contributed by atoms with Crippen LogP contribution in [0.1, 0.15) is 19.1 Å². The minimum absolute atomic E-state index is 0.131. The van der Waals surface area contributed by atoms with Gasteiger partial charge in [-0.1, -0.05) is 0 Å². The van der Waals surface area contributed by atoms with Gasteiger partial charge in [0.1, 0.15) is 17.6 Å². The summed E-state index contributed by atoms with van der Waals surface area (Å²) < 4.78 is 46.7. The van der Waals surface area contributed by atoms with E-state index >= 15 is 0 Å². The number of anilines is 2. The molecule has 0 bridgehead atoms. The fourth-order valence-electron chi connectivity index (χ4n) is 3.67. The number of carbonyl (C=O) groups is 3. The van der Waals surface area contributed by atoms with Crippen LogP contribution in [0.3, 0.4) is 0 Å². The fourth-order valence-corrected chi connectivity index (χ4v) is 5.22. The highest BCUT2D eigenvalue weighted by Crippen LogP contribution is 2.31. The van der Waals surface area contributed by atoms with E-state index in [0.717, 1.165) is 21.3 Å². The van der Waals surface area contributed by atoms with Crippen LogP contribution >= 0.6 is 0 Å². The van der Waals surface area contributed by atoms with E-state index in [1.165, 1.54) is 49.6 Å². The molecule has 1 atom stereocenters. The summed E-state index contributed by atoms with van der Waals surface area (Å²) in [5.41, 5.74) is 0.549. The van der Waals surface area contributed by atoms with Crippen molar-refractivity contribution in [1.29, 1.82) is 0 Å². The first kappa shape index (κ1) is 23.3. The second-order valence-corrected chi connectivity index (χ2v) is 9.49. The highest BCUT2D eigenvalue weighted by molar-refractivity contribution is 7.89. The molecule has 1 aliphatic rings. The molecule has 1 saturated heterocycles. The predicted molar refractivity (Wildman–Crippen MR) is 119 cm³/mol. The Morgan fingerprint density at radius 1 is 1.12 bits per heavy atom. The Labute approximate surface area is 194 Å². The van der Waals surface area contributed by atoms with Gasteiger partial charge in [-0.15, -0.1) is 0 Å². The molecule has 2 aromatic carbocycles. The SMILES string of the molecule is CC(=O)Nc1ccc(S(=O)(=O)N(Cc2ccco2)C2CC(=O)N(c3ccc(F)cc3)C2=O)cc1. The lowest BCUT2D eigenvalue weighted by Crippen LogP contribution is -2.45. The second-order valence-electron chi connectivity index (χ2n) is 7.60. The van der Waals surface area contributed by atoms with Gasteiger partial charge in [-0.05, 0) is 60.7 Å². The summed E-state index contributed by atoms with van der Waals surface area (Å²) in [6.07, 6.45) is 0.981. The summed E-state index contributed by atoms with van der Waals surface area (Å²) in [6.45, 7) is 1.04. The van der Waals surface area contributed by atoms with Crippen LogP contribution in [-0.4, -0.2) is 36.5 Å². The number of imide groups is 1. The van der Waals surface area contributed by atoms with E-state index in [1.54, 1.807) is 12.1 Å². The number of hydrogen-bond acceptors (Lipinski definition) is 6. The maximum Gasteiger partial charge on any atom is 0.252 e. The minimum atomic E-state index is -4.27. The van der Waals surface area contributed by atoms with Crippen LogP contribution < -0.4 is 10.2 Å². The molecule has 0 spiro atoms. The summed E-state index contributed by atoms with van der Waals surface area (Å²) in [4.78, 5) is 37.9. The summed E-state index contributed by atoms with van der Waals surface area (Å²) in [5, 5.41) is 2.55. The molecule has 4 rings (SSSR count). The third-order valence-electron chi connectivity index (χ3n) is 5.23. The molecular formula is C23H20FN3O6S. The van der Waals surface area contributed by atoms with Crippen LogP contribution in [0.2, 0.25) is 0 Å². The van der Waals surface area contributed by atoms with Gasteiger partial charge in [-0.3, -0.25) is 14.4 Å².